The lowest BCUT2D eigenvalue weighted by Crippen LogP contribution is -2.38. The summed E-state index contributed by atoms with van der Waals surface area (Å²) in [7, 11) is 0. The third kappa shape index (κ3) is 5.29. The molecule has 7 heteroatoms. The Morgan fingerprint density at radius 2 is 1.93 bits per heavy atom. The normalized spacial score (nSPS) is 16.3. The second-order valence-electron chi connectivity index (χ2n) is 6.55. The molecule has 6 nitrogen and oxygen atoms in total. The summed E-state index contributed by atoms with van der Waals surface area (Å²) in [5.41, 5.74) is 1.63. The second-order valence-corrected chi connectivity index (χ2v) is 6.55. The van der Waals surface area contributed by atoms with E-state index in [2.05, 4.69) is 0 Å². The highest BCUT2D eigenvalue weighted by molar-refractivity contribution is 5.89. The molecule has 0 saturated carbocycles. The molecule has 0 radical (unpaired) electrons. The van der Waals surface area contributed by atoms with E-state index in [9.17, 15) is 14.0 Å². The number of nitrogens with zero attached hydrogens (tertiary/aromatic N) is 2. The van der Waals surface area contributed by atoms with Crippen LogP contribution in [0.5, 0.6) is 0 Å². The van der Waals surface area contributed by atoms with Crippen LogP contribution in [0, 0.1) is 5.82 Å². The molecule has 2 aromatic carbocycles. The third-order valence-corrected chi connectivity index (χ3v) is 4.38. The molecule has 148 valence electrons. The Morgan fingerprint density at radius 3 is 2.61 bits per heavy atom. The number of carbonyl (C=O) groups excluding carboxylic acids is 2. The number of ether oxygens (including phenoxy) is 2. The Hall–Kier alpha value is -2.93. The molecule has 2 aromatic rings. The molecule has 0 spiro atoms. The van der Waals surface area contributed by atoms with Crippen molar-refractivity contribution in [2.24, 2.45) is 0 Å². The highest BCUT2D eigenvalue weighted by Crippen LogP contribution is 2.22. The minimum absolute atomic E-state index is 0.0601. The van der Waals surface area contributed by atoms with Gasteiger partial charge in [0.2, 0.25) is 0 Å². The topological polar surface area (TPSA) is 59.1 Å². The molecular weight excluding hydrogens is 363 g/mol. The molecule has 1 unspecified atom stereocenters. The first-order chi connectivity index (χ1) is 13.5. The molecular formula is C21H23FN2O4. The van der Waals surface area contributed by atoms with Gasteiger partial charge in [-0.15, -0.1) is 0 Å². The zero-order valence-corrected chi connectivity index (χ0v) is 15.7. The molecule has 28 heavy (non-hydrogen) atoms. The van der Waals surface area contributed by atoms with E-state index in [1.165, 1.54) is 12.1 Å². The number of esters is 1. The van der Waals surface area contributed by atoms with Gasteiger partial charge in [-0.25, -0.2) is 9.18 Å². The van der Waals surface area contributed by atoms with Crippen molar-refractivity contribution in [2.75, 3.05) is 31.1 Å². The first-order valence-corrected chi connectivity index (χ1v) is 9.20. The van der Waals surface area contributed by atoms with Crippen LogP contribution in [0.15, 0.2) is 54.6 Å². The number of para-hydroxylation sites is 1. The van der Waals surface area contributed by atoms with Crippen molar-refractivity contribution in [1.82, 2.24) is 4.90 Å². The Morgan fingerprint density at radius 1 is 1.21 bits per heavy atom. The van der Waals surface area contributed by atoms with Crippen molar-refractivity contribution in [3.8, 4) is 0 Å². The quantitative estimate of drug-likeness (QED) is 0.652. The molecule has 0 aliphatic carbocycles. The molecule has 0 N–H and O–H groups in total. The van der Waals surface area contributed by atoms with Crippen LogP contribution in [-0.4, -0.2) is 49.3 Å². The van der Waals surface area contributed by atoms with E-state index in [1.54, 1.807) is 24.0 Å². The predicted octanol–water partition coefficient (Wildman–Crippen LogP) is 3.22. The van der Waals surface area contributed by atoms with Crippen molar-refractivity contribution in [1.29, 1.82) is 0 Å². The van der Waals surface area contributed by atoms with Gasteiger partial charge in [0.25, 0.3) is 0 Å². The fourth-order valence-corrected chi connectivity index (χ4v) is 3.15. The number of anilines is 1. The van der Waals surface area contributed by atoms with E-state index in [-0.39, 0.29) is 24.4 Å². The molecule has 1 aliphatic rings. The maximum absolute atomic E-state index is 13.2. The molecule has 1 aliphatic heterocycles. The largest absolute Gasteiger partial charge is 0.465 e. The molecule has 1 atom stereocenters. The average Bonchev–Trinajstić information content (AvgIpc) is 3.04. The fourth-order valence-electron chi connectivity index (χ4n) is 3.15. The second kappa shape index (κ2) is 9.32. The van der Waals surface area contributed by atoms with E-state index in [0.717, 1.165) is 11.3 Å². The van der Waals surface area contributed by atoms with E-state index in [4.69, 9.17) is 9.47 Å². The van der Waals surface area contributed by atoms with Crippen LogP contribution < -0.4 is 4.90 Å². The summed E-state index contributed by atoms with van der Waals surface area (Å²) in [5.74, 6) is -0.669. The van der Waals surface area contributed by atoms with Crippen molar-refractivity contribution in [2.45, 2.75) is 19.6 Å². The minimum Gasteiger partial charge on any atom is -0.465 e. The lowest BCUT2D eigenvalue weighted by atomic mass is 10.2. The van der Waals surface area contributed by atoms with Crippen molar-refractivity contribution in [3.63, 3.8) is 0 Å². The molecule has 1 amide bonds. The van der Waals surface area contributed by atoms with E-state index < -0.39 is 6.09 Å². The van der Waals surface area contributed by atoms with Gasteiger partial charge in [-0.3, -0.25) is 14.6 Å². The van der Waals surface area contributed by atoms with E-state index in [0.29, 0.717) is 26.2 Å². The number of hydrogen-bond acceptors (Lipinski definition) is 5. The first kappa shape index (κ1) is 19.8. The molecule has 1 heterocycles. The lowest BCUT2D eigenvalue weighted by Gasteiger charge is -2.23. The maximum atomic E-state index is 13.2. The maximum Gasteiger partial charge on any atom is 0.414 e. The zero-order chi connectivity index (χ0) is 19.9. The highest BCUT2D eigenvalue weighted by atomic mass is 19.1. The van der Waals surface area contributed by atoms with Crippen LogP contribution >= 0.6 is 0 Å². The van der Waals surface area contributed by atoms with Crippen LogP contribution in [0.4, 0.5) is 14.9 Å². The summed E-state index contributed by atoms with van der Waals surface area (Å²) in [5, 5.41) is 0. The Kier molecular flexibility index (Phi) is 6.60. The molecule has 1 saturated heterocycles. The summed E-state index contributed by atoms with van der Waals surface area (Å²) >= 11 is 0. The van der Waals surface area contributed by atoms with Gasteiger partial charge in [0, 0.05) is 18.8 Å². The number of rotatable bonds is 8. The van der Waals surface area contributed by atoms with Crippen molar-refractivity contribution >= 4 is 17.7 Å². The van der Waals surface area contributed by atoms with E-state index in [1.807, 2.05) is 35.2 Å². The monoisotopic (exact) mass is 386 g/mol. The summed E-state index contributed by atoms with van der Waals surface area (Å²) in [6, 6.07) is 15.4. The number of hydrogen-bond donors (Lipinski definition) is 0. The molecule has 0 aromatic heterocycles. The third-order valence-electron chi connectivity index (χ3n) is 4.38. The van der Waals surface area contributed by atoms with Gasteiger partial charge in [-0.1, -0.05) is 30.3 Å². The summed E-state index contributed by atoms with van der Waals surface area (Å²) < 4.78 is 23.7. The number of amides is 1. The summed E-state index contributed by atoms with van der Waals surface area (Å²) in [4.78, 5) is 27.6. The van der Waals surface area contributed by atoms with Crippen LogP contribution in [0.25, 0.3) is 0 Å². The Balaban J connectivity index is 1.67. The average molecular weight is 386 g/mol. The fraction of sp³-hybridized carbons (Fsp3) is 0.333. The van der Waals surface area contributed by atoms with Crippen LogP contribution in [0.3, 0.4) is 0 Å². The minimum atomic E-state index is -0.408. The van der Waals surface area contributed by atoms with Crippen LogP contribution in [-0.2, 0) is 20.8 Å². The van der Waals surface area contributed by atoms with Gasteiger partial charge in [-0.2, -0.15) is 0 Å². The van der Waals surface area contributed by atoms with Gasteiger partial charge in [0.05, 0.1) is 19.7 Å². The Labute approximate surface area is 163 Å². The van der Waals surface area contributed by atoms with Crippen molar-refractivity contribution < 1.29 is 23.5 Å². The standard InChI is InChI=1S/C21H23FN2O4/c1-2-27-20(25)15-23(12-16-8-10-17(22)11-9-16)13-19-14-24(21(26)28-19)18-6-4-3-5-7-18/h3-11,19H,2,12-15H2,1H3. The Bertz CT molecular complexity index is 798. The smallest absolute Gasteiger partial charge is 0.414 e. The van der Waals surface area contributed by atoms with Gasteiger partial charge >= 0.3 is 12.1 Å². The van der Waals surface area contributed by atoms with Crippen LogP contribution in [0.2, 0.25) is 0 Å². The van der Waals surface area contributed by atoms with Gasteiger partial charge in [0.15, 0.2) is 0 Å². The predicted molar refractivity (Wildman–Crippen MR) is 102 cm³/mol. The van der Waals surface area contributed by atoms with Gasteiger partial charge in [-0.05, 0) is 36.8 Å². The van der Waals surface area contributed by atoms with Gasteiger partial charge < -0.3 is 9.47 Å². The number of carbonyl (C=O) groups is 2. The lowest BCUT2D eigenvalue weighted by molar-refractivity contribution is -0.144. The highest BCUT2D eigenvalue weighted by Gasteiger charge is 2.33. The molecule has 3 rings (SSSR count). The summed E-state index contributed by atoms with van der Waals surface area (Å²) in [6.45, 7) is 3.28. The van der Waals surface area contributed by atoms with Gasteiger partial charge in [0.1, 0.15) is 11.9 Å². The zero-order valence-electron chi connectivity index (χ0n) is 15.7. The molecule has 0 bridgehead atoms. The molecule has 1 fully saturated rings. The first-order valence-electron chi connectivity index (χ1n) is 9.20. The van der Waals surface area contributed by atoms with E-state index >= 15 is 0 Å². The number of benzene rings is 2. The summed E-state index contributed by atoms with van der Waals surface area (Å²) in [6.07, 6.45) is -0.795. The van der Waals surface area contributed by atoms with Crippen LogP contribution in [0.1, 0.15) is 12.5 Å². The SMILES string of the molecule is CCOC(=O)CN(Cc1ccc(F)cc1)CC1CN(c2ccccc2)C(=O)O1. The number of cyclic esters (lactones) is 1. The number of halogens is 1. The van der Waals surface area contributed by atoms with Crippen molar-refractivity contribution in [3.05, 3.63) is 66.0 Å².